The molecule has 6 nitrogen and oxygen atoms in total. The van der Waals surface area contributed by atoms with Gasteiger partial charge in [-0.2, -0.15) is 0 Å². The van der Waals surface area contributed by atoms with E-state index in [-0.39, 0.29) is 12.5 Å². The molecule has 84 valence electrons. The Morgan fingerprint density at radius 1 is 1.50 bits per heavy atom. The number of methoxy groups -OCH3 is 1. The summed E-state index contributed by atoms with van der Waals surface area (Å²) < 4.78 is 6.38. The third-order valence-corrected chi connectivity index (χ3v) is 2.17. The van der Waals surface area contributed by atoms with Gasteiger partial charge < -0.3 is 10.1 Å². The van der Waals surface area contributed by atoms with Crippen molar-refractivity contribution in [1.82, 2.24) is 14.4 Å². The highest BCUT2D eigenvalue weighted by atomic mass is 16.5. The first kappa shape index (κ1) is 10.4. The molecular weight excluding hydrogens is 208 g/mol. The van der Waals surface area contributed by atoms with E-state index in [1.165, 1.54) is 7.11 Å². The molecule has 0 aromatic carbocycles. The first-order valence-corrected chi connectivity index (χ1v) is 4.81. The van der Waals surface area contributed by atoms with E-state index in [0.717, 1.165) is 17.2 Å². The Kier molecular flexibility index (Phi) is 2.72. The highest BCUT2D eigenvalue weighted by Crippen LogP contribution is 2.10. The van der Waals surface area contributed by atoms with Gasteiger partial charge in [0.2, 0.25) is 0 Å². The zero-order chi connectivity index (χ0) is 11.5. The van der Waals surface area contributed by atoms with E-state index < -0.39 is 0 Å². The monoisotopic (exact) mass is 220 g/mol. The minimum Gasteiger partial charge on any atom is -0.468 e. The van der Waals surface area contributed by atoms with Gasteiger partial charge in [0.05, 0.1) is 25.2 Å². The van der Waals surface area contributed by atoms with Gasteiger partial charge in [0.1, 0.15) is 12.4 Å². The van der Waals surface area contributed by atoms with Crippen LogP contribution in [0.1, 0.15) is 5.69 Å². The summed E-state index contributed by atoms with van der Waals surface area (Å²) in [5, 5.41) is 2.94. The Balaban J connectivity index is 2.24. The van der Waals surface area contributed by atoms with E-state index >= 15 is 0 Å². The van der Waals surface area contributed by atoms with Gasteiger partial charge in [0, 0.05) is 6.20 Å². The standard InChI is InChI=1S/C10H12N4O2/c1-7-6-14-8(3-11-7)12-4-9(14)13-5-10(15)16-2/h3-4,6,13H,5H2,1-2H3. The second-order valence-corrected chi connectivity index (χ2v) is 3.33. The van der Waals surface area contributed by atoms with Gasteiger partial charge in [-0.05, 0) is 6.92 Å². The Bertz CT molecular complexity index is 521. The Hall–Kier alpha value is -2.11. The third-order valence-electron chi connectivity index (χ3n) is 2.17. The van der Waals surface area contributed by atoms with Crippen LogP contribution in [0.3, 0.4) is 0 Å². The van der Waals surface area contributed by atoms with Crippen LogP contribution in [-0.2, 0) is 9.53 Å². The third kappa shape index (κ3) is 1.95. The summed E-state index contributed by atoms with van der Waals surface area (Å²) in [6.45, 7) is 2.01. The van der Waals surface area contributed by atoms with Crippen LogP contribution in [0, 0.1) is 6.92 Å². The smallest absolute Gasteiger partial charge is 0.325 e. The van der Waals surface area contributed by atoms with Crippen LogP contribution in [-0.4, -0.2) is 34.0 Å². The van der Waals surface area contributed by atoms with Gasteiger partial charge in [-0.25, -0.2) is 4.98 Å². The first-order valence-electron chi connectivity index (χ1n) is 4.81. The van der Waals surface area contributed by atoms with Crippen molar-refractivity contribution in [2.24, 2.45) is 0 Å². The van der Waals surface area contributed by atoms with E-state index in [1.54, 1.807) is 12.4 Å². The van der Waals surface area contributed by atoms with Crippen LogP contribution in [0.25, 0.3) is 5.65 Å². The predicted molar refractivity (Wildman–Crippen MR) is 58.2 cm³/mol. The van der Waals surface area contributed by atoms with Crippen LogP contribution in [0.5, 0.6) is 0 Å². The summed E-state index contributed by atoms with van der Waals surface area (Å²) in [4.78, 5) is 19.3. The lowest BCUT2D eigenvalue weighted by molar-refractivity contribution is -0.138. The van der Waals surface area contributed by atoms with Gasteiger partial charge in [0.25, 0.3) is 0 Å². The Morgan fingerprint density at radius 3 is 3.06 bits per heavy atom. The lowest BCUT2D eigenvalue weighted by Crippen LogP contribution is -2.15. The van der Waals surface area contributed by atoms with E-state index in [2.05, 4.69) is 20.0 Å². The summed E-state index contributed by atoms with van der Waals surface area (Å²) in [6, 6.07) is 0. The number of nitrogens with zero attached hydrogens (tertiary/aromatic N) is 3. The second kappa shape index (κ2) is 4.18. The molecule has 2 aromatic rings. The number of nitrogens with one attached hydrogen (secondary N) is 1. The molecule has 0 aliphatic rings. The molecule has 2 heterocycles. The van der Waals surface area contributed by atoms with Crippen molar-refractivity contribution < 1.29 is 9.53 Å². The number of fused-ring (bicyclic) bond motifs is 1. The van der Waals surface area contributed by atoms with Gasteiger partial charge in [-0.15, -0.1) is 0 Å². The number of esters is 1. The SMILES string of the molecule is COC(=O)CNc1cnc2cnc(C)cn12. The minimum absolute atomic E-state index is 0.117. The number of aryl methyl sites for hydroxylation is 1. The van der Waals surface area contributed by atoms with Crippen molar-refractivity contribution in [3.63, 3.8) is 0 Å². The molecule has 2 aromatic heterocycles. The first-order chi connectivity index (χ1) is 7.70. The van der Waals surface area contributed by atoms with E-state index in [1.807, 2.05) is 17.5 Å². The van der Waals surface area contributed by atoms with E-state index in [0.29, 0.717) is 0 Å². The van der Waals surface area contributed by atoms with Crippen molar-refractivity contribution in [3.8, 4) is 0 Å². The van der Waals surface area contributed by atoms with Gasteiger partial charge in [0.15, 0.2) is 5.65 Å². The molecule has 0 bridgehead atoms. The van der Waals surface area contributed by atoms with Crippen molar-refractivity contribution in [1.29, 1.82) is 0 Å². The highest BCUT2D eigenvalue weighted by molar-refractivity contribution is 5.74. The topological polar surface area (TPSA) is 68.5 Å². The maximum Gasteiger partial charge on any atom is 0.325 e. The molecule has 0 fully saturated rings. The predicted octanol–water partition coefficient (Wildman–Crippen LogP) is 0.623. The van der Waals surface area contributed by atoms with Gasteiger partial charge in [-0.3, -0.25) is 14.2 Å². The molecule has 0 amide bonds. The number of hydrogen-bond acceptors (Lipinski definition) is 5. The summed E-state index contributed by atoms with van der Waals surface area (Å²) >= 11 is 0. The fourth-order valence-corrected chi connectivity index (χ4v) is 1.35. The van der Waals surface area contributed by atoms with Crippen molar-refractivity contribution in [2.75, 3.05) is 19.0 Å². The fraction of sp³-hybridized carbons (Fsp3) is 0.300. The molecule has 6 heteroatoms. The minimum atomic E-state index is -0.319. The number of imidazole rings is 1. The number of anilines is 1. The molecule has 0 saturated heterocycles. The summed E-state index contributed by atoms with van der Waals surface area (Å²) in [5.41, 5.74) is 1.62. The summed E-state index contributed by atoms with van der Waals surface area (Å²) in [6.07, 6.45) is 5.18. The number of ether oxygens (including phenoxy) is 1. The molecule has 0 unspecified atom stereocenters. The Labute approximate surface area is 92.3 Å². The number of hydrogen-bond donors (Lipinski definition) is 1. The number of carbonyl (C=O) groups excluding carboxylic acids is 1. The largest absolute Gasteiger partial charge is 0.468 e. The van der Waals surface area contributed by atoms with Crippen molar-refractivity contribution >= 4 is 17.4 Å². The van der Waals surface area contributed by atoms with Gasteiger partial charge >= 0.3 is 5.97 Å². The molecular formula is C10H12N4O2. The number of aromatic nitrogens is 3. The lowest BCUT2D eigenvalue weighted by Gasteiger charge is -2.04. The van der Waals surface area contributed by atoms with Crippen LogP contribution in [0.15, 0.2) is 18.6 Å². The molecule has 1 N–H and O–H groups in total. The molecule has 2 rings (SSSR count). The summed E-state index contributed by atoms with van der Waals surface area (Å²) in [7, 11) is 1.35. The number of rotatable bonds is 3. The van der Waals surface area contributed by atoms with E-state index in [4.69, 9.17) is 0 Å². The van der Waals surface area contributed by atoms with Crippen molar-refractivity contribution in [3.05, 3.63) is 24.3 Å². The highest BCUT2D eigenvalue weighted by Gasteiger charge is 2.05. The average Bonchev–Trinajstić information content (AvgIpc) is 2.68. The average molecular weight is 220 g/mol. The zero-order valence-corrected chi connectivity index (χ0v) is 9.10. The molecule has 16 heavy (non-hydrogen) atoms. The molecule has 0 spiro atoms. The lowest BCUT2D eigenvalue weighted by atomic mass is 10.5. The normalized spacial score (nSPS) is 10.4. The van der Waals surface area contributed by atoms with Crippen LogP contribution < -0.4 is 5.32 Å². The zero-order valence-electron chi connectivity index (χ0n) is 9.10. The summed E-state index contributed by atoms with van der Waals surface area (Å²) in [5.74, 6) is 0.423. The molecule has 0 aliphatic carbocycles. The number of carbonyl (C=O) groups is 1. The fourth-order valence-electron chi connectivity index (χ4n) is 1.35. The molecule has 0 saturated carbocycles. The van der Waals surface area contributed by atoms with Crippen LogP contribution in [0.4, 0.5) is 5.82 Å². The maximum atomic E-state index is 11.0. The van der Waals surface area contributed by atoms with Crippen LogP contribution >= 0.6 is 0 Å². The van der Waals surface area contributed by atoms with Gasteiger partial charge in [-0.1, -0.05) is 0 Å². The second-order valence-electron chi connectivity index (χ2n) is 3.33. The Morgan fingerprint density at radius 2 is 2.31 bits per heavy atom. The molecule has 0 atom stereocenters. The quantitative estimate of drug-likeness (QED) is 0.768. The van der Waals surface area contributed by atoms with E-state index in [9.17, 15) is 4.79 Å². The van der Waals surface area contributed by atoms with Crippen molar-refractivity contribution in [2.45, 2.75) is 6.92 Å². The van der Waals surface area contributed by atoms with Crippen LogP contribution in [0.2, 0.25) is 0 Å². The molecule has 0 radical (unpaired) electrons. The maximum absolute atomic E-state index is 11.0. The molecule has 0 aliphatic heterocycles.